The van der Waals surface area contributed by atoms with Gasteiger partial charge in [-0.25, -0.2) is 0 Å². The van der Waals surface area contributed by atoms with E-state index in [2.05, 4.69) is 13.8 Å². The summed E-state index contributed by atoms with van der Waals surface area (Å²) in [5.74, 6) is 0.0774. The summed E-state index contributed by atoms with van der Waals surface area (Å²) in [6, 6.07) is 19.1. The molecule has 1 fully saturated rings. The van der Waals surface area contributed by atoms with E-state index in [1.807, 2.05) is 38.1 Å². The maximum atomic E-state index is 13.4. The molecule has 0 aromatic heterocycles. The molecule has 0 saturated carbocycles. The van der Waals surface area contributed by atoms with Crippen LogP contribution in [0.15, 0.2) is 72.3 Å². The highest BCUT2D eigenvalue weighted by Gasteiger charge is 2.47. The number of carbonyl (C=O) groups is 2. The van der Waals surface area contributed by atoms with Crippen LogP contribution in [0.2, 0.25) is 0 Å². The predicted octanol–water partition coefficient (Wildman–Crippen LogP) is 5.97. The van der Waals surface area contributed by atoms with E-state index < -0.39 is 17.7 Å². The van der Waals surface area contributed by atoms with Gasteiger partial charge in [-0.2, -0.15) is 0 Å². The number of aryl methyl sites for hydroxylation is 2. The van der Waals surface area contributed by atoms with Gasteiger partial charge in [0.05, 0.1) is 25.3 Å². The first kappa shape index (κ1) is 25.0. The van der Waals surface area contributed by atoms with Crippen LogP contribution in [0.4, 0.5) is 5.69 Å². The van der Waals surface area contributed by atoms with Crippen molar-refractivity contribution >= 4 is 23.1 Å². The van der Waals surface area contributed by atoms with Crippen molar-refractivity contribution in [1.82, 2.24) is 0 Å². The van der Waals surface area contributed by atoms with Crippen LogP contribution < -0.4 is 14.4 Å². The second kappa shape index (κ2) is 10.3. The van der Waals surface area contributed by atoms with Crippen molar-refractivity contribution in [3.63, 3.8) is 0 Å². The fourth-order valence-corrected chi connectivity index (χ4v) is 4.39. The van der Waals surface area contributed by atoms with Crippen molar-refractivity contribution in [1.29, 1.82) is 0 Å². The van der Waals surface area contributed by atoms with Crippen LogP contribution in [0.5, 0.6) is 11.5 Å². The zero-order valence-electron chi connectivity index (χ0n) is 21.2. The van der Waals surface area contributed by atoms with Gasteiger partial charge in [-0.15, -0.1) is 0 Å². The van der Waals surface area contributed by atoms with Crippen LogP contribution in [-0.2, 0) is 9.59 Å². The highest BCUT2D eigenvalue weighted by atomic mass is 16.5. The Balaban J connectivity index is 1.85. The van der Waals surface area contributed by atoms with Gasteiger partial charge in [0.15, 0.2) is 0 Å². The van der Waals surface area contributed by atoms with Crippen molar-refractivity contribution in [2.75, 3.05) is 18.6 Å². The van der Waals surface area contributed by atoms with Crippen LogP contribution in [0.3, 0.4) is 0 Å². The van der Waals surface area contributed by atoms with E-state index in [-0.39, 0.29) is 11.3 Å². The number of benzene rings is 3. The normalized spacial score (nSPS) is 17.1. The number of hydrogen-bond acceptors (Lipinski definition) is 5. The molecule has 1 amide bonds. The quantitative estimate of drug-likeness (QED) is 0.253. The average molecular weight is 486 g/mol. The lowest BCUT2D eigenvalue weighted by Crippen LogP contribution is -2.29. The molecule has 186 valence electrons. The first-order chi connectivity index (χ1) is 17.2. The number of aliphatic hydroxyl groups excluding tert-OH is 1. The number of nitrogens with zero attached hydrogens (tertiary/aromatic N) is 1. The number of methoxy groups -OCH3 is 1. The van der Waals surface area contributed by atoms with Crippen LogP contribution in [0.1, 0.15) is 42.1 Å². The number of aliphatic hydroxyl groups is 1. The number of carbonyl (C=O) groups excluding carboxylic acids is 2. The van der Waals surface area contributed by atoms with Crippen molar-refractivity contribution in [2.24, 2.45) is 5.92 Å². The highest BCUT2D eigenvalue weighted by Crippen LogP contribution is 2.43. The molecule has 4 rings (SSSR count). The van der Waals surface area contributed by atoms with Crippen molar-refractivity contribution in [3.8, 4) is 11.5 Å². The molecule has 3 aromatic carbocycles. The number of ether oxygens (including phenoxy) is 2. The maximum Gasteiger partial charge on any atom is 0.300 e. The second-order valence-corrected chi connectivity index (χ2v) is 9.46. The van der Waals surface area contributed by atoms with Gasteiger partial charge in [0.1, 0.15) is 17.3 Å². The topological polar surface area (TPSA) is 76.1 Å². The highest BCUT2D eigenvalue weighted by molar-refractivity contribution is 6.51. The van der Waals surface area contributed by atoms with Gasteiger partial charge in [-0.05, 0) is 73.4 Å². The summed E-state index contributed by atoms with van der Waals surface area (Å²) in [5, 5.41) is 11.4. The molecule has 1 saturated heterocycles. The fraction of sp³-hybridized carbons (Fsp3) is 0.267. The Morgan fingerprint density at radius 1 is 0.972 bits per heavy atom. The Bertz CT molecular complexity index is 1320. The SMILES string of the molecule is COc1ccc(/C(O)=C2/C(=O)C(=O)N(c3ccc(OCC(C)C)cc3)C2c2cccc(C)c2)c(C)c1. The third-order valence-corrected chi connectivity index (χ3v) is 6.19. The van der Waals surface area contributed by atoms with Crippen molar-refractivity contribution < 1.29 is 24.2 Å². The van der Waals surface area contributed by atoms with Gasteiger partial charge in [-0.3, -0.25) is 14.5 Å². The molecule has 1 N–H and O–H groups in total. The standard InChI is InChI=1S/C30H31NO5/c1-18(2)17-36-23-11-9-22(10-12-23)31-27(21-8-6-7-19(3)15-21)26(29(33)30(31)34)28(32)25-14-13-24(35-5)16-20(25)4/h6-16,18,27,32H,17H2,1-5H3/b28-26-. The Morgan fingerprint density at radius 2 is 1.67 bits per heavy atom. The first-order valence-corrected chi connectivity index (χ1v) is 12.0. The molecule has 6 heteroatoms. The molecule has 0 spiro atoms. The summed E-state index contributed by atoms with van der Waals surface area (Å²) in [6.07, 6.45) is 0. The number of amides is 1. The van der Waals surface area contributed by atoms with Crippen LogP contribution in [0, 0.1) is 19.8 Å². The molecular formula is C30H31NO5. The summed E-state index contributed by atoms with van der Waals surface area (Å²) in [6.45, 7) is 8.49. The van der Waals surface area contributed by atoms with Gasteiger partial charge in [-0.1, -0.05) is 43.7 Å². The Hall–Kier alpha value is -4.06. The van der Waals surface area contributed by atoms with Crippen molar-refractivity contribution in [3.05, 3.63) is 94.6 Å². The maximum absolute atomic E-state index is 13.4. The summed E-state index contributed by atoms with van der Waals surface area (Å²) in [7, 11) is 1.57. The minimum absolute atomic E-state index is 0.0546. The van der Waals surface area contributed by atoms with Gasteiger partial charge in [0, 0.05) is 11.3 Å². The Labute approximate surface area is 211 Å². The van der Waals surface area contributed by atoms with E-state index >= 15 is 0 Å². The minimum Gasteiger partial charge on any atom is -0.507 e. The van der Waals surface area contributed by atoms with E-state index in [0.717, 1.165) is 16.7 Å². The molecule has 0 radical (unpaired) electrons. The number of hydrogen-bond donors (Lipinski definition) is 1. The Morgan fingerprint density at radius 3 is 2.28 bits per heavy atom. The smallest absolute Gasteiger partial charge is 0.300 e. The number of anilines is 1. The second-order valence-electron chi connectivity index (χ2n) is 9.46. The van der Waals surface area contributed by atoms with Crippen molar-refractivity contribution in [2.45, 2.75) is 33.7 Å². The zero-order chi connectivity index (χ0) is 26.0. The van der Waals surface area contributed by atoms with Gasteiger partial charge < -0.3 is 14.6 Å². The van der Waals surface area contributed by atoms with Gasteiger partial charge in [0.25, 0.3) is 11.7 Å². The van der Waals surface area contributed by atoms with Crippen LogP contribution in [-0.4, -0.2) is 30.5 Å². The summed E-state index contributed by atoms with van der Waals surface area (Å²) in [5.41, 5.74) is 3.53. The monoisotopic (exact) mass is 485 g/mol. The summed E-state index contributed by atoms with van der Waals surface area (Å²) < 4.78 is 11.1. The molecule has 0 bridgehead atoms. The lowest BCUT2D eigenvalue weighted by Gasteiger charge is -2.26. The largest absolute Gasteiger partial charge is 0.507 e. The van der Waals surface area contributed by atoms with Gasteiger partial charge in [0.2, 0.25) is 0 Å². The molecule has 1 aliphatic heterocycles. The lowest BCUT2D eigenvalue weighted by molar-refractivity contribution is -0.132. The summed E-state index contributed by atoms with van der Waals surface area (Å²) >= 11 is 0. The third-order valence-electron chi connectivity index (χ3n) is 6.19. The zero-order valence-corrected chi connectivity index (χ0v) is 21.2. The molecular weight excluding hydrogens is 454 g/mol. The van der Waals surface area contributed by atoms with E-state index in [0.29, 0.717) is 35.3 Å². The predicted molar refractivity (Wildman–Crippen MR) is 140 cm³/mol. The Kier molecular flexibility index (Phi) is 7.15. The molecule has 0 aliphatic carbocycles. The number of rotatable bonds is 7. The molecule has 3 aromatic rings. The van der Waals surface area contributed by atoms with E-state index in [1.165, 1.54) is 4.90 Å². The van der Waals surface area contributed by atoms with E-state index in [1.54, 1.807) is 49.6 Å². The third kappa shape index (κ3) is 4.85. The number of Topliss-reactive ketones (excluding diaryl/α,β-unsaturated/α-hetero) is 1. The van der Waals surface area contributed by atoms with E-state index in [4.69, 9.17) is 9.47 Å². The molecule has 1 unspecified atom stereocenters. The molecule has 6 nitrogen and oxygen atoms in total. The molecule has 1 aliphatic rings. The lowest BCUT2D eigenvalue weighted by atomic mass is 9.93. The van der Waals surface area contributed by atoms with E-state index in [9.17, 15) is 14.7 Å². The molecule has 1 atom stereocenters. The molecule has 1 heterocycles. The molecule has 36 heavy (non-hydrogen) atoms. The van der Waals surface area contributed by atoms with Gasteiger partial charge >= 0.3 is 0 Å². The fourth-order valence-electron chi connectivity index (χ4n) is 4.39. The first-order valence-electron chi connectivity index (χ1n) is 12.0. The number of ketones is 1. The van der Waals surface area contributed by atoms with Crippen LogP contribution >= 0.6 is 0 Å². The van der Waals surface area contributed by atoms with Crippen LogP contribution in [0.25, 0.3) is 5.76 Å². The average Bonchev–Trinajstić information content (AvgIpc) is 3.13. The minimum atomic E-state index is -0.783. The summed E-state index contributed by atoms with van der Waals surface area (Å²) in [4.78, 5) is 28.2.